The van der Waals surface area contributed by atoms with Gasteiger partial charge >= 0.3 is 0 Å². The molecule has 2 N–H and O–H groups in total. The van der Waals surface area contributed by atoms with Gasteiger partial charge in [-0.05, 0) is 54.6 Å². The Labute approximate surface area is 182 Å². The van der Waals surface area contributed by atoms with Crippen molar-refractivity contribution < 1.29 is 14.3 Å². The van der Waals surface area contributed by atoms with Gasteiger partial charge in [0.1, 0.15) is 17.5 Å². The van der Waals surface area contributed by atoms with Crippen LogP contribution in [0.2, 0.25) is 10.0 Å². The van der Waals surface area contributed by atoms with Crippen molar-refractivity contribution in [2.45, 2.75) is 19.9 Å². The topological polar surface area (TPSA) is 111 Å². The number of ether oxygens (including phenoxy) is 1. The number of anilines is 1. The van der Waals surface area contributed by atoms with Gasteiger partial charge in [-0.3, -0.25) is 9.59 Å². The van der Waals surface area contributed by atoms with Crippen molar-refractivity contribution >= 4 is 40.7 Å². The molecule has 0 aliphatic carbocycles. The highest BCUT2D eigenvalue weighted by Crippen LogP contribution is 2.27. The van der Waals surface area contributed by atoms with Gasteiger partial charge in [-0.25, -0.2) is 0 Å². The number of methoxy groups -OCH3 is 1. The molecule has 0 saturated carbocycles. The smallest absolute Gasteiger partial charge is 0.253 e. The fourth-order valence-corrected chi connectivity index (χ4v) is 3.04. The molecule has 30 heavy (non-hydrogen) atoms. The van der Waals surface area contributed by atoms with Crippen LogP contribution in [0.15, 0.2) is 36.4 Å². The molecule has 3 aromatic rings. The Balaban J connectivity index is 1.75. The highest BCUT2D eigenvalue weighted by Gasteiger charge is 2.20. The molecule has 0 bridgehead atoms. The lowest BCUT2D eigenvalue weighted by molar-refractivity contribution is -0.117. The average molecular weight is 449 g/mol. The normalized spacial score (nSPS) is 11.6. The van der Waals surface area contributed by atoms with Crippen LogP contribution in [0.3, 0.4) is 0 Å². The third-order valence-electron chi connectivity index (χ3n) is 4.24. The Morgan fingerprint density at radius 2 is 1.97 bits per heavy atom. The first kappa shape index (κ1) is 21.5. The first-order valence-corrected chi connectivity index (χ1v) is 9.56. The molecule has 2 amide bonds. The summed E-state index contributed by atoms with van der Waals surface area (Å²) < 4.78 is 6.83. The number of rotatable bonds is 6. The van der Waals surface area contributed by atoms with Gasteiger partial charge in [0, 0.05) is 5.69 Å². The number of carbonyl (C=O) groups excluding carboxylic acids is 2. The van der Waals surface area contributed by atoms with E-state index in [2.05, 4.69) is 26.2 Å². The first-order chi connectivity index (χ1) is 14.3. The lowest BCUT2D eigenvalue weighted by Gasteiger charge is -2.16. The fourth-order valence-electron chi connectivity index (χ4n) is 2.66. The van der Waals surface area contributed by atoms with Gasteiger partial charge in [0.05, 0.1) is 22.7 Å². The second-order valence-electron chi connectivity index (χ2n) is 6.31. The van der Waals surface area contributed by atoms with Gasteiger partial charge in [0.2, 0.25) is 5.91 Å². The number of halogens is 2. The maximum Gasteiger partial charge on any atom is 0.253 e. The van der Waals surface area contributed by atoms with E-state index < -0.39 is 17.9 Å². The number of hydrogen-bond acceptors (Lipinski definition) is 6. The van der Waals surface area contributed by atoms with Crippen LogP contribution in [0.25, 0.3) is 5.69 Å². The zero-order chi connectivity index (χ0) is 21.8. The largest absolute Gasteiger partial charge is 0.494 e. The van der Waals surface area contributed by atoms with Crippen LogP contribution in [0, 0.1) is 6.92 Å². The van der Waals surface area contributed by atoms with E-state index in [1.165, 1.54) is 17.9 Å². The second kappa shape index (κ2) is 9.10. The molecule has 1 atom stereocenters. The Morgan fingerprint density at radius 3 is 2.63 bits per heavy atom. The van der Waals surface area contributed by atoms with Crippen LogP contribution in [-0.2, 0) is 4.79 Å². The molecule has 3 rings (SSSR count). The number of carbonyl (C=O) groups is 2. The van der Waals surface area contributed by atoms with E-state index in [0.717, 1.165) is 0 Å². The minimum atomic E-state index is -0.840. The molecular formula is C19H18Cl2N6O3. The Hall–Kier alpha value is -3.17. The molecule has 0 fully saturated rings. The number of aryl methyl sites for hydroxylation is 1. The first-order valence-electron chi connectivity index (χ1n) is 8.81. The van der Waals surface area contributed by atoms with Gasteiger partial charge < -0.3 is 15.4 Å². The maximum atomic E-state index is 12.6. The predicted octanol–water partition coefficient (Wildman–Crippen LogP) is 3.04. The molecule has 2 aromatic carbocycles. The van der Waals surface area contributed by atoms with Gasteiger partial charge in [-0.1, -0.05) is 29.3 Å². The lowest BCUT2D eigenvalue weighted by atomic mass is 10.2. The number of nitrogens with zero attached hydrogens (tertiary/aromatic N) is 4. The number of benzene rings is 2. The summed E-state index contributed by atoms with van der Waals surface area (Å²) in [4.78, 5) is 25.0. The summed E-state index contributed by atoms with van der Waals surface area (Å²) in [5, 5.41) is 17.1. The van der Waals surface area contributed by atoms with Crippen LogP contribution in [0.4, 0.5) is 5.69 Å². The summed E-state index contributed by atoms with van der Waals surface area (Å²) in [7, 11) is 1.52. The van der Waals surface area contributed by atoms with Crippen LogP contribution in [0.5, 0.6) is 5.75 Å². The Bertz CT molecular complexity index is 1100. The summed E-state index contributed by atoms with van der Waals surface area (Å²) in [5.41, 5.74) is 1.22. The van der Waals surface area contributed by atoms with E-state index in [0.29, 0.717) is 22.9 Å². The summed E-state index contributed by atoms with van der Waals surface area (Å²) in [6.45, 7) is 3.30. The van der Waals surface area contributed by atoms with Gasteiger partial charge in [-0.2, -0.15) is 4.68 Å². The summed E-state index contributed by atoms with van der Waals surface area (Å²) >= 11 is 12.0. The summed E-state index contributed by atoms with van der Waals surface area (Å²) in [6, 6.07) is 8.88. The van der Waals surface area contributed by atoms with E-state index in [1.54, 1.807) is 44.2 Å². The zero-order valence-electron chi connectivity index (χ0n) is 16.3. The summed E-state index contributed by atoms with van der Waals surface area (Å²) in [5.74, 6) is 0.145. The molecule has 0 spiro atoms. The summed E-state index contributed by atoms with van der Waals surface area (Å²) in [6.07, 6.45) is 0. The molecule has 0 radical (unpaired) electrons. The quantitative estimate of drug-likeness (QED) is 0.599. The number of nitrogens with one attached hydrogen (secondary N) is 2. The molecule has 1 heterocycles. The number of amides is 2. The minimum absolute atomic E-state index is 0.126. The predicted molar refractivity (Wildman–Crippen MR) is 112 cm³/mol. The Kier molecular flexibility index (Phi) is 6.53. The van der Waals surface area contributed by atoms with Gasteiger partial charge in [0.25, 0.3) is 5.91 Å². The van der Waals surface area contributed by atoms with E-state index in [-0.39, 0.29) is 15.6 Å². The Morgan fingerprint density at radius 1 is 1.20 bits per heavy atom. The number of tetrazole rings is 1. The molecule has 1 aromatic heterocycles. The highest BCUT2D eigenvalue weighted by atomic mass is 35.5. The van der Waals surface area contributed by atoms with Crippen LogP contribution in [0.1, 0.15) is 23.1 Å². The van der Waals surface area contributed by atoms with Crippen molar-refractivity contribution in [1.29, 1.82) is 0 Å². The van der Waals surface area contributed by atoms with E-state index in [9.17, 15) is 9.59 Å². The number of aromatic nitrogens is 4. The van der Waals surface area contributed by atoms with Crippen LogP contribution >= 0.6 is 23.2 Å². The van der Waals surface area contributed by atoms with E-state index in [4.69, 9.17) is 27.9 Å². The van der Waals surface area contributed by atoms with Crippen molar-refractivity contribution in [1.82, 2.24) is 25.5 Å². The standard InChI is InChI=1S/C19H18Cl2N6O3/c1-10(22-19(29)13-5-4-6-14(20)17(13)21)18(28)23-12-7-8-16(30-3)15(9-12)27-11(2)24-25-26-27/h4-10H,1-3H3,(H,22,29)(H,23,28). The number of hydrogen-bond donors (Lipinski definition) is 2. The fraction of sp³-hybridized carbons (Fsp3) is 0.211. The van der Waals surface area contributed by atoms with Crippen molar-refractivity contribution in [3.05, 3.63) is 57.8 Å². The maximum absolute atomic E-state index is 12.6. The third-order valence-corrected chi connectivity index (χ3v) is 5.06. The van der Waals surface area contributed by atoms with Gasteiger partial charge in [-0.15, -0.1) is 5.10 Å². The molecule has 0 aliphatic rings. The SMILES string of the molecule is COc1ccc(NC(=O)C(C)NC(=O)c2cccc(Cl)c2Cl)cc1-n1nnnc1C. The van der Waals surface area contributed by atoms with Crippen LogP contribution in [-0.4, -0.2) is 45.2 Å². The molecule has 156 valence electrons. The second-order valence-corrected chi connectivity index (χ2v) is 7.10. The minimum Gasteiger partial charge on any atom is -0.494 e. The molecule has 1 unspecified atom stereocenters. The van der Waals surface area contributed by atoms with Gasteiger partial charge in [0.15, 0.2) is 5.82 Å². The molecule has 9 nitrogen and oxygen atoms in total. The van der Waals surface area contributed by atoms with Crippen molar-refractivity contribution in [3.63, 3.8) is 0 Å². The van der Waals surface area contributed by atoms with Crippen LogP contribution < -0.4 is 15.4 Å². The molecule has 0 saturated heterocycles. The lowest BCUT2D eigenvalue weighted by Crippen LogP contribution is -2.41. The average Bonchev–Trinajstić information content (AvgIpc) is 3.15. The monoisotopic (exact) mass is 448 g/mol. The molecule has 0 aliphatic heterocycles. The molecule has 11 heteroatoms. The van der Waals surface area contributed by atoms with E-state index >= 15 is 0 Å². The zero-order valence-corrected chi connectivity index (χ0v) is 17.8. The van der Waals surface area contributed by atoms with E-state index in [1.807, 2.05) is 0 Å². The van der Waals surface area contributed by atoms with Crippen molar-refractivity contribution in [2.24, 2.45) is 0 Å². The molecular weight excluding hydrogens is 431 g/mol. The van der Waals surface area contributed by atoms with Crippen molar-refractivity contribution in [2.75, 3.05) is 12.4 Å². The third kappa shape index (κ3) is 4.52. The highest BCUT2D eigenvalue weighted by molar-refractivity contribution is 6.43. The van der Waals surface area contributed by atoms with Crippen molar-refractivity contribution in [3.8, 4) is 11.4 Å².